The quantitative estimate of drug-likeness (QED) is 0.105. The Kier molecular flexibility index (Phi) is 14.5. The monoisotopic (exact) mass is 707 g/mol. The molecule has 262 valence electrons. The number of carbonyl (C=O) groups is 3. The first kappa shape index (κ1) is 37.5. The van der Waals surface area contributed by atoms with Crippen LogP contribution in [0.5, 0.6) is 0 Å². The van der Waals surface area contributed by atoms with Crippen LogP contribution in [0.3, 0.4) is 0 Å². The zero-order chi connectivity index (χ0) is 35.2. The molecule has 0 radical (unpaired) electrons. The minimum Gasteiger partial charge on any atom is -0.444 e. The second-order valence-electron chi connectivity index (χ2n) is 12.4. The van der Waals surface area contributed by atoms with Gasteiger partial charge in [-0.05, 0) is 42.2 Å². The molecule has 0 bridgehead atoms. The van der Waals surface area contributed by atoms with Gasteiger partial charge in [-0.25, -0.2) is 14.6 Å². The van der Waals surface area contributed by atoms with Crippen molar-refractivity contribution in [1.29, 1.82) is 0 Å². The fourth-order valence-electron chi connectivity index (χ4n) is 5.12. The molecule has 4 aromatic rings. The van der Waals surface area contributed by atoms with Gasteiger partial charge in [0.05, 0.1) is 28.2 Å². The third-order valence-corrected chi connectivity index (χ3v) is 9.40. The average Bonchev–Trinajstić information content (AvgIpc) is 3.79. The van der Waals surface area contributed by atoms with E-state index in [9.17, 15) is 19.5 Å². The lowest BCUT2D eigenvalue weighted by Gasteiger charge is -2.30. The van der Waals surface area contributed by atoms with Crippen molar-refractivity contribution in [2.75, 3.05) is 0 Å². The topological polar surface area (TPSA) is 152 Å². The summed E-state index contributed by atoms with van der Waals surface area (Å²) in [7, 11) is 0. The van der Waals surface area contributed by atoms with E-state index >= 15 is 0 Å². The third kappa shape index (κ3) is 12.6. The Bertz CT molecular complexity index is 1580. The average molecular weight is 708 g/mol. The van der Waals surface area contributed by atoms with Gasteiger partial charge < -0.3 is 30.5 Å². The molecular weight excluding hydrogens is 663 g/mol. The summed E-state index contributed by atoms with van der Waals surface area (Å²) in [4.78, 5) is 48.7. The number of alkyl carbamates (subject to hydrolysis) is 2. The highest BCUT2D eigenvalue weighted by molar-refractivity contribution is 7.09. The number of nitrogens with zero attached hydrogens (tertiary/aromatic N) is 2. The maximum Gasteiger partial charge on any atom is 0.408 e. The molecule has 0 spiro atoms. The maximum absolute atomic E-state index is 13.7. The normalized spacial score (nSPS) is 13.7. The highest BCUT2D eigenvalue weighted by atomic mass is 32.1. The van der Waals surface area contributed by atoms with Gasteiger partial charge in [0.25, 0.3) is 0 Å². The lowest BCUT2D eigenvalue weighted by molar-refractivity contribution is -0.125. The number of aromatic nitrogens is 2. The Morgan fingerprint density at radius 2 is 1.45 bits per heavy atom. The molecule has 11 nitrogen and oxygen atoms in total. The Hall–Kier alpha value is -4.33. The maximum atomic E-state index is 13.7. The molecule has 3 amide bonds. The number of hydrogen-bond acceptors (Lipinski definition) is 10. The summed E-state index contributed by atoms with van der Waals surface area (Å²) in [5, 5.41) is 22.9. The van der Waals surface area contributed by atoms with Crippen LogP contribution in [0.4, 0.5) is 9.59 Å². The standard InChI is InChI=1S/C36H45N5O6S2/c1-23(2)30-21-48-32(39-30)20-47-36(45)41-33(24(3)4)34(43)40-29(16-26-13-9-6-10-14-26)31(42)17-27(15-25-11-7-5-8-12-25)38-35(44)46-19-28-18-37-22-49-28/h5-14,18,21-24,27,29,31,33,42H,15-17,19-20H2,1-4H3,(H,38,44)(H,40,43)(H,41,45)/t27-,29-,31-,33?/m0/s1. The largest absolute Gasteiger partial charge is 0.444 e. The van der Waals surface area contributed by atoms with Crippen molar-refractivity contribution in [3.05, 3.63) is 104 Å². The fourth-order valence-corrected chi connectivity index (χ4v) is 6.49. The number of hydrogen-bond donors (Lipinski definition) is 4. The van der Waals surface area contributed by atoms with Crippen LogP contribution in [0.1, 0.15) is 66.7 Å². The third-order valence-electron chi connectivity index (χ3n) is 7.80. The molecule has 2 aromatic carbocycles. The molecule has 4 rings (SSSR count). The van der Waals surface area contributed by atoms with Gasteiger partial charge in [0.2, 0.25) is 5.91 Å². The predicted molar refractivity (Wildman–Crippen MR) is 190 cm³/mol. The number of thiazole rings is 2. The van der Waals surface area contributed by atoms with E-state index in [0.29, 0.717) is 17.8 Å². The zero-order valence-corrected chi connectivity index (χ0v) is 29.8. The van der Waals surface area contributed by atoms with E-state index in [1.807, 2.05) is 93.7 Å². The number of rotatable bonds is 17. The highest BCUT2D eigenvalue weighted by Crippen LogP contribution is 2.19. The van der Waals surface area contributed by atoms with Crippen LogP contribution in [0.2, 0.25) is 0 Å². The first-order valence-electron chi connectivity index (χ1n) is 16.3. The molecule has 0 fully saturated rings. The molecule has 4 atom stereocenters. The molecule has 0 saturated carbocycles. The Morgan fingerprint density at radius 3 is 2.04 bits per heavy atom. The van der Waals surface area contributed by atoms with E-state index in [1.165, 1.54) is 22.7 Å². The van der Waals surface area contributed by atoms with Crippen molar-refractivity contribution in [1.82, 2.24) is 25.9 Å². The zero-order valence-electron chi connectivity index (χ0n) is 28.2. The van der Waals surface area contributed by atoms with E-state index in [4.69, 9.17) is 9.47 Å². The molecule has 13 heteroatoms. The van der Waals surface area contributed by atoms with Gasteiger partial charge in [-0.1, -0.05) is 88.4 Å². The Morgan fingerprint density at radius 1 is 0.816 bits per heavy atom. The first-order valence-corrected chi connectivity index (χ1v) is 18.1. The van der Waals surface area contributed by atoms with Crippen molar-refractivity contribution < 1.29 is 29.0 Å². The molecule has 49 heavy (non-hydrogen) atoms. The van der Waals surface area contributed by atoms with Crippen LogP contribution in [0.25, 0.3) is 0 Å². The molecule has 2 aromatic heterocycles. The number of carbonyl (C=O) groups excluding carboxylic acids is 3. The van der Waals surface area contributed by atoms with Crippen LogP contribution in [-0.2, 0) is 40.3 Å². The van der Waals surface area contributed by atoms with Gasteiger partial charge in [-0.2, -0.15) is 0 Å². The van der Waals surface area contributed by atoms with Crippen molar-refractivity contribution >= 4 is 40.8 Å². The smallest absolute Gasteiger partial charge is 0.408 e. The van der Waals surface area contributed by atoms with Gasteiger partial charge in [-0.3, -0.25) is 9.78 Å². The Labute approximate surface area is 295 Å². The summed E-state index contributed by atoms with van der Waals surface area (Å²) in [5.41, 5.74) is 4.47. The number of aliphatic hydroxyl groups is 1. The van der Waals surface area contributed by atoms with Crippen molar-refractivity contribution in [2.45, 2.75) is 90.3 Å². The second-order valence-corrected chi connectivity index (χ2v) is 14.4. The molecular formula is C36H45N5O6S2. The van der Waals surface area contributed by atoms with Crippen LogP contribution < -0.4 is 16.0 Å². The van der Waals surface area contributed by atoms with Crippen molar-refractivity contribution in [3.63, 3.8) is 0 Å². The second kappa shape index (κ2) is 19.0. The summed E-state index contributed by atoms with van der Waals surface area (Å²) < 4.78 is 10.8. The summed E-state index contributed by atoms with van der Waals surface area (Å²) >= 11 is 2.80. The van der Waals surface area contributed by atoms with E-state index in [-0.39, 0.29) is 31.5 Å². The predicted octanol–water partition coefficient (Wildman–Crippen LogP) is 5.99. The van der Waals surface area contributed by atoms with Crippen LogP contribution in [-0.4, -0.2) is 57.4 Å². The van der Waals surface area contributed by atoms with Gasteiger partial charge in [0.1, 0.15) is 24.3 Å². The van der Waals surface area contributed by atoms with Gasteiger partial charge in [0.15, 0.2) is 0 Å². The number of aliphatic hydroxyl groups excluding tert-OH is 1. The molecule has 1 unspecified atom stereocenters. The summed E-state index contributed by atoms with van der Waals surface area (Å²) in [6.45, 7) is 7.80. The van der Waals surface area contributed by atoms with Gasteiger partial charge in [0, 0.05) is 17.6 Å². The number of ether oxygens (including phenoxy) is 2. The van der Waals surface area contributed by atoms with Crippen LogP contribution in [0, 0.1) is 5.92 Å². The molecule has 0 saturated heterocycles. The fraction of sp³-hybridized carbons (Fsp3) is 0.417. The molecule has 0 aliphatic heterocycles. The molecule has 4 N–H and O–H groups in total. The summed E-state index contributed by atoms with van der Waals surface area (Å²) in [5.74, 6) is -0.477. The van der Waals surface area contributed by atoms with E-state index < -0.39 is 42.3 Å². The van der Waals surface area contributed by atoms with Gasteiger partial charge >= 0.3 is 12.2 Å². The van der Waals surface area contributed by atoms with E-state index in [1.54, 1.807) is 11.7 Å². The minimum absolute atomic E-state index is 0.00650. The number of amides is 3. The van der Waals surface area contributed by atoms with Gasteiger partial charge in [-0.15, -0.1) is 22.7 Å². The van der Waals surface area contributed by atoms with E-state index in [0.717, 1.165) is 21.7 Å². The highest BCUT2D eigenvalue weighted by Gasteiger charge is 2.31. The molecule has 0 aliphatic rings. The molecule has 0 aliphatic carbocycles. The summed E-state index contributed by atoms with van der Waals surface area (Å²) in [6.07, 6.45) is 0.0848. The Balaban J connectivity index is 1.44. The lowest BCUT2D eigenvalue weighted by atomic mass is 9.93. The summed E-state index contributed by atoms with van der Waals surface area (Å²) in [6, 6.07) is 16.9. The van der Waals surface area contributed by atoms with Crippen LogP contribution >= 0.6 is 22.7 Å². The lowest BCUT2D eigenvalue weighted by Crippen LogP contribution is -2.56. The molecule has 2 heterocycles. The van der Waals surface area contributed by atoms with E-state index in [2.05, 4.69) is 25.9 Å². The van der Waals surface area contributed by atoms with Crippen LogP contribution in [0.15, 0.2) is 77.8 Å². The van der Waals surface area contributed by atoms with Crippen molar-refractivity contribution in [2.24, 2.45) is 5.92 Å². The SMILES string of the molecule is CC(C)c1csc(COC(=O)NC(C(=O)N[C@@H](Cc2ccccc2)[C@@H](O)C[C@H](Cc2ccccc2)NC(=O)OCc2cncs2)C(C)C)n1. The number of benzene rings is 2. The first-order chi connectivity index (χ1) is 23.6. The minimum atomic E-state index is -1.07. The number of nitrogens with one attached hydrogen (secondary N) is 3. The van der Waals surface area contributed by atoms with Crippen molar-refractivity contribution in [3.8, 4) is 0 Å².